The summed E-state index contributed by atoms with van der Waals surface area (Å²) in [4.78, 5) is 23.7. The largest absolute Gasteiger partial charge is 0.475 e. The number of nitrogens with zero attached hydrogens (tertiary/aromatic N) is 3. The lowest BCUT2D eigenvalue weighted by Gasteiger charge is -2.32. The number of carbonyl (C=O) groups is 1. The highest BCUT2D eigenvalue weighted by Crippen LogP contribution is 2.27. The summed E-state index contributed by atoms with van der Waals surface area (Å²) in [5.74, 6) is 1.27. The first-order valence-electron chi connectivity index (χ1n) is 11.4. The van der Waals surface area contributed by atoms with E-state index in [1.165, 1.54) is 18.4 Å². The second kappa shape index (κ2) is 11.2. The van der Waals surface area contributed by atoms with Gasteiger partial charge in [0.2, 0.25) is 11.8 Å². The van der Waals surface area contributed by atoms with Crippen molar-refractivity contribution in [2.45, 2.75) is 31.7 Å². The number of aromatic nitrogens is 1. The first kappa shape index (κ1) is 22.4. The minimum absolute atomic E-state index is 0.00658. The number of hydrogen-bond donors (Lipinski definition) is 1. The van der Waals surface area contributed by atoms with E-state index in [1.54, 1.807) is 13.3 Å². The van der Waals surface area contributed by atoms with Gasteiger partial charge in [0, 0.05) is 26.4 Å². The predicted molar refractivity (Wildman–Crippen MR) is 124 cm³/mol. The van der Waals surface area contributed by atoms with Gasteiger partial charge < -0.3 is 19.7 Å². The highest BCUT2D eigenvalue weighted by Gasteiger charge is 2.21. The van der Waals surface area contributed by atoms with E-state index in [2.05, 4.69) is 50.5 Å². The summed E-state index contributed by atoms with van der Waals surface area (Å²) in [6.45, 7) is 5.26. The molecule has 2 aromatic rings. The van der Waals surface area contributed by atoms with Crippen LogP contribution >= 0.6 is 0 Å². The van der Waals surface area contributed by atoms with Crippen LogP contribution in [0.15, 0.2) is 47.6 Å². The van der Waals surface area contributed by atoms with Crippen molar-refractivity contribution in [2.75, 3.05) is 46.5 Å². The molecule has 0 bridgehead atoms. The van der Waals surface area contributed by atoms with E-state index < -0.39 is 0 Å². The average molecular weight is 437 g/mol. The van der Waals surface area contributed by atoms with E-state index in [0.29, 0.717) is 38.1 Å². The predicted octanol–water partition coefficient (Wildman–Crippen LogP) is 2.54. The number of fused-ring (bicyclic) bond motifs is 1. The zero-order valence-electron chi connectivity index (χ0n) is 18.8. The molecule has 1 N–H and O–H groups in total. The minimum atomic E-state index is 0.00658. The number of carbonyl (C=O) groups excluding carboxylic acids is 1. The Bertz CT molecular complexity index is 924. The van der Waals surface area contributed by atoms with Gasteiger partial charge in [0.15, 0.2) is 0 Å². The third kappa shape index (κ3) is 5.93. The third-order valence-corrected chi connectivity index (χ3v) is 6.15. The van der Waals surface area contributed by atoms with Gasteiger partial charge in [-0.2, -0.15) is 0 Å². The zero-order valence-corrected chi connectivity index (χ0v) is 18.8. The van der Waals surface area contributed by atoms with Gasteiger partial charge in [0.05, 0.1) is 30.8 Å². The Hall–Kier alpha value is -2.77. The van der Waals surface area contributed by atoms with Crippen LogP contribution in [0, 0.1) is 0 Å². The number of pyridine rings is 1. The van der Waals surface area contributed by atoms with Crippen molar-refractivity contribution in [3.63, 3.8) is 0 Å². The Morgan fingerprint density at radius 2 is 2.00 bits per heavy atom. The number of piperidine rings is 1. The quantitative estimate of drug-likeness (QED) is 0.612. The maximum absolute atomic E-state index is 12.4. The lowest BCUT2D eigenvalue weighted by atomic mass is 9.89. The van der Waals surface area contributed by atoms with Crippen LogP contribution in [0.5, 0.6) is 0 Å². The van der Waals surface area contributed by atoms with Gasteiger partial charge in [0.1, 0.15) is 6.61 Å². The minimum Gasteiger partial charge on any atom is -0.475 e. The van der Waals surface area contributed by atoms with E-state index in [-0.39, 0.29) is 12.3 Å². The fourth-order valence-corrected chi connectivity index (χ4v) is 4.35. The molecule has 170 valence electrons. The molecule has 0 radical (unpaired) electrons. The molecule has 4 rings (SSSR count). The standard InChI is InChI=1S/C25H32N4O3/c1-31-13-14-32-25-23-18-27-22(15-21(23)17-28-25)16-24(30)26-9-12-29-10-7-20(8-11-29)19-5-3-2-4-6-19/h2-6,15,18,20H,7-14,16-17H2,1H3,(H,26,30). The molecule has 1 amide bonds. The summed E-state index contributed by atoms with van der Waals surface area (Å²) < 4.78 is 10.6. The fraction of sp³-hybridized carbons (Fsp3) is 0.480. The summed E-state index contributed by atoms with van der Waals surface area (Å²) in [5.41, 5.74) is 4.17. The fourth-order valence-electron chi connectivity index (χ4n) is 4.35. The molecule has 0 spiro atoms. The first-order chi connectivity index (χ1) is 15.7. The summed E-state index contributed by atoms with van der Waals surface area (Å²) in [6.07, 6.45) is 4.39. The molecule has 1 aromatic carbocycles. The maximum atomic E-state index is 12.4. The van der Waals surface area contributed by atoms with Crippen molar-refractivity contribution in [2.24, 2.45) is 4.99 Å². The smallest absolute Gasteiger partial charge is 0.226 e. The molecule has 1 aromatic heterocycles. The number of likely N-dealkylation sites (tertiary alicyclic amines) is 1. The van der Waals surface area contributed by atoms with Crippen molar-refractivity contribution >= 4 is 11.8 Å². The monoisotopic (exact) mass is 436 g/mol. The molecule has 7 nitrogen and oxygen atoms in total. The lowest BCUT2D eigenvalue weighted by molar-refractivity contribution is -0.120. The van der Waals surface area contributed by atoms with Gasteiger partial charge in [-0.05, 0) is 49.0 Å². The summed E-state index contributed by atoms with van der Waals surface area (Å²) in [6, 6.07) is 12.7. The Balaban J connectivity index is 1.16. The Morgan fingerprint density at radius 3 is 2.78 bits per heavy atom. The molecule has 2 aliphatic rings. The number of benzene rings is 1. The molecule has 2 aliphatic heterocycles. The maximum Gasteiger partial charge on any atom is 0.226 e. The molecule has 0 saturated carbocycles. The SMILES string of the molecule is COCCOC1=NCc2cc(CC(=O)NCCN3CCC(c4ccccc4)CC3)ncc21. The molecule has 0 unspecified atom stereocenters. The molecule has 0 aliphatic carbocycles. The van der Waals surface area contributed by atoms with Gasteiger partial charge in [0.25, 0.3) is 0 Å². The second-order valence-corrected chi connectivity index (χ2v) is 8.35. The highest BCUT2D eigenvalue weighted by atomic mass is 16.5. The van der Waals surface area contributed by atoms with E-state index in [0.717, 1.165) is 36.5 Å². The van der Waals surface area contributed by atoms with Crippen LogP contribution in [0.4, 0.5) is 0 Å². The van der Waals surface area contributed by atoms with Crippen LogP contribution in [0.25, 0.3) is 0 Å². The molecule has 32 heavy (non-hydrogen) atoms. The van der Waals surface area contributed by atoms with E-state index >= 15 is 0 Å². The average Bonchev–Trinajstić information content (AvgIpc) is 3.22. The lowest BCUT2D eigenvalue weighted by Crippen LogP contribution is -2.39. The zero-order chi connectivity index (χ0) is 22.2. The Kier molecular flexibility index (Phi) is 7.85. The van der Waals surface area contributed by atoms with Crippen molar-refractivity contribution in [1.29, 1.82) is 0 Å². The van der Waals surface area contributed by atoms with Crippen LogP contribution < -0.4 is 5.32 Å². The molecule has 1 fully saturated rings. The van der Waals surface area contributed by atoms with Gasteiger partial charge in [-0.25, -0.2) is 4.99 Å². The van der Waals surface area contributed by atoms with Crippen LogP contribution in [0.2, 0.25) is 0 Å². The molecule has 1 saturated heterocycles. The normalized spacial score (nSPS) is 16.5. The first-order valence-corrected chi connectivity index (χ1v) is 11.4. The summed E-state index contributed by atoms with van der Waals surface area (Å²) >= 11 is 0. The van der Waals surface area contributed by atoms with Gasteiger partial charge in [-0.1, -0.05) is 30.3 Å². The van der Waals surface area contributed by atoms with Gasteiger partial charge in [-0.3, -0.25) is 9.78 Å². The molecular weight excluding hydrogens is 404 g/mol. The van der Waals surface area contributed by atoms with Gasteiger partial charge >= 0.3 is 0 Å². The van der Waals surface area contributed by atoms with Crippen LogP contribution in [-0.4, -0.2) is 68.2 Å². The molecular formula is C25H32N4O3. The van der Waals surface area contributed by atoms with Crippen LogP contribution in [0.1, 0.15) is 41.1 Å². The topological polar surface area (TPSA) is 76.1 Å². The Morgan fingerprint density at radius 1 is 1.19 bits per heavy atom. The van der Waals surface area contributed by atoms with Crippen molar-refractivity contribution in [3.8, 4) is 0 Å². The van der Waals surface area contributed by atoms with Crippen LogP contribution in [0.3, 0.4) is 0 Å². The van der Waals surface area contributed by atoms with E-state index in [1.807, 2.05) is 6.07 Å². The summed E-state index contributed by atoms with van der Waals surface area (Å²) in [7, 11) is 1.64. The van der Waals surface area contributed by atoms with Crippen molar-refractivity contribution in [1.82, 2.24) is 15.2 Å². The van der Waals surface area contributed by atoms with Gasteiger partial charge in [-0.15, -0.1) is 0 Å². The molecule has 7 heteroatoms. The Labute approximate surface area is 189 Å². The van der Waals surface area contributed by atoms with Crippen molar-refractivity contribution < 1.29 is 14.3 Å². The van der Waals surface area contributed by atoms with Crippen LogP contribution in [-0.2, 0) is 27.2 Å². The number of rotatable bonds is 9. The van der Waals surface area contributed by atoms with E-state index in [9.17, 15) is 4.79 Å². The van der Waals surface area contributed by atoms with E-state index in [4.69, 9.17) is 9.47 Å². The highest BCUT2D eigenvalue weighted by molar-refractivity contribution is 5.97. The number of aliphatic imine (C=N–C) groups is 1. The third-order valence-electron chi connectivity index (χ3n) is 6.15. The number of methoxy groups -OCH3 is 1. The second-order valence-electron chi connectivity index (χ2n) is 8.35. The number of ether oxygens (including phenoxy) is 2. The number of nitrogens with one attached hydrogen (secondary N) is 1. The number of hydrogen-bond acceptors (Lipinski definition) is 6. The number of amides is 1. The summed E-state index contributed by atoms with van der Waals surface area (Å²) in [5, 5.41) is 3.04. The molecule has 3 heterocycles. The van der Waals surface area contributed by atoms with Crippen molar-refractivity contribution in [3.05, 3.63) is 65.0 Å². The molecule has 0 atom stereocenters.